The Balaban J connectivity index is 1.48. The minimum atomic E-state index is -0.0420. The molecule has 1 aromatic carbocycles. The molecule has 1 saturated heterocycles. The second kappa shape index (κ2) is 9.38. The van der Waals surface area contributed by atoms with E-state index in [1.165, 1.54) is 18.4 Å². The summed E-state index contributed by atoms with van der Waals surface area (Å²) in [5, 5.41) is 1.82. The van der Waals surface area contributed by atoms with Gasteiger partial charge in [-0.1, -0.05) is 49.6 Å². The number of allylic oxidation sites excluding steroid dienone is 4. The first-order valence-electron chi connectivity index (χ1n) is 10.2. The molecule has 1 aliphatic carbocycles. The molecule has 3 rings (SSSR count). The molecule has 0 spiro atoms. The lowest BCUT2D eigenvalue weighted by Crippen LogP contribution is -2.26. The summed E-state index contributed by atoms with van der Waals surface area (Å²) < 4.78 is 6.04. The molecule has 0 bridgehead atoms. The fourth-order valence-electron chi connectivity index (χ4n) is 3.80. The molecule has 146 valence electrons. The van der Waals surface area contributed by atoms with Crippen LogP contribution in [0.3, 0.4) is 0 Å². The number of ether oxygens (including phenoxy) is 1. The lowest BCUT2D eigenvalue weighted by molar-refractivity contribution is -0.154. The maximum atomic E-state index is 6.11. The molecule has 3 nitrogen and oxygen atoms in total. The number of rotatable bonds is 8. The SMILES string of the molecule is C=C1CCCC(=C)N1OC(C)c1ccc(COC(C)CC2C=CCC2)cc1. The molecule has 0 amide bonds. The summed E-state index contributed by atoms with van der Waals surface area (Å²) >= 11 is 0. The molecule has 0 radical (unpaired) electrons. The van der Waals surface area contributed by atoms with Gasteiger partial charge in [0.1, 0.15) is 6.10 Å². The zero-order valence-electron chi connectivity index (χ0n) is 16.8. The predicted molar refractivity (Wildman–Crippen MR) is 111 cm³/mol. The Morgan fingerprint density at radius 1 is 1.11 bits per heavy atom. The van der Waals surface area contributed by atoms with E-state index in [1.807, 2.05) is 5.06 Å². The number of hydrogen-bond donors (Lipinski definition) is 0. The Bertz CT molecular complexity index is 660. The van der Waals surface area contributed by atoms with Gasteiger partial charge in [-0.05, 0) is 69.4 Å². The van der Waals surface area contributed by atoms with E-state index in [0.29, 0.717) is 12.5 Å². The summed E-state index contributed by atoms with van der Waals surface area (Å²) in [4.78, 5) is 6.11. The number of nitrogens with zero attached hydrogens (tertiary/aromatic N) is 1. The highest BCUT2D eigenvalue weighted by molar-refractivity contribution is 5.24. The van der Waals surface area contributed by atoms with Crippen molar-refractivity contribution in [2.45, 2.75) is 71.2 Å². The highest BCUT2D eigenvalue weighted by atomic mass is 16.7. The van der Waals surface area contributed by atoms with Crippen LogP contribution in [0.25, 0.3) is 0 Å². The van der Waals surface area contributed by atoms with E-state index in [-0.39, 0.29) is 12.2 Å². The minimum absolute atomic E-state index is 0.0420. The van der Waals surface area contributed by atoms with Crippen molar-refractivity contribution in [1.29, 1.82) is 0 Å². The lowest BCUT2D eigenvalue weighted by Gasteiger charge is -2.33. The Labute approximate surface area is 164 Å². The molecule has 0 saturated carbocycles. The summed E-state index contributed by atoms with van der Waals surface area (Å²) in [5.74, 6) is 0.694. The van der Waals surface area contributed by atoms with E-state index in [0.717, 1.165) is 42.6 Å². The Hall–Kier alpha value is -1.84. The standard InChI is InChI=1S/C24H33NO2/c1-18-8-7-9-19(2)25(18)27-21(4)24-14-12-23(13-15-24)17-26-20(3)16-22-10-5-6-11-22/h5,10,12-15,20-22H,1-2,6-9,11,16-17H2,3-4H3. The van der Waals surface area contributed by atoms with Gasteiger partial charge in [-0.2, -0.15) is 0 Å². The van der Waals surface area contributed by atoms with Crippen LogP contribution in [0.4, 0.5) is 0 Å². The first-order chi connectivity index (χ1) is 13.0. The van der Waals surface area contributed by atoms with Gasteiger partial charge in [0.25, 0.3) is 0 Å². The lowest BCUT2D eigenvalue weighted by atomic mass is 10.0. The summed E-state index contributed by atoms with van der Waals surface area (Å²) in [6.45, 7) is 13.1. The summed E-state index contributed by atoms with van der Waals surface area (Å²) in [6, 6.07) is 8.53. The molecule has 1 aromatic rings. The van der Waals surface area contributed by atoms with Crippen molar-refractivity contribution >= 4 is 0 Å². The third-order valence-electron chi connectivity index (χ3n) is 5.50. The first-order valence-corrected chi connectivity index (χ1v) is 10.2. The van der Waals surface area contributed by atoms with E-state index in [4.69, 9.17) is 9.57 Å². The summed E-state index contributed by atoms with van der Waals surface area (Å²) in [6.07, 6.45) is 11.5. The van der Waals surface area contributed by atoms with Gasteiger partial charge < -0.3 is 4.74 Å². The van der Waals surface area contributed by atoms with Crippen LogP contribution < -0.4 is 0 Å². The molecule has 3 unspecified atom stereocenters. The van der Waals surface area contributed by atoms with E-state index < -0.39 is 0 Å². The highest BCUT2D eigenvalue weighted by Crippen LogP contribution is 2.31. The van der Waals surface area contributed by atoms with Crippen LogP contribution in [-0.4, -0.2) is 11.2 Å². The molecular weight excluding hydrogens is 334 g/mol. The molecule has 0 N–H and O–H groups in total. The molecule has 3 heteroatoms. The number of hydrogen-bond acceptors (Lipinski definition) is 3. The second-order valence-electron chi connectivity index (χ2n) is 7.89. The van der Waals surface area contributed by atoms with Crippen molar-refractivity contribution in [1.82, 2.24) is 5.06 Å². The molecule has 1 fully saturated rings. The van der Waals surface area contributed by atoms with Crippen molar-refractivity contribution in [2.75, 3.05) is 0 Å². The van der Waals surface area contributed by atoms with Crippen molar-refractivity contribution in [3.05, 3.63) is 72.1 Å². The van der Waals surface area contributed by atoms with Crippen LogP contribution in [0.15, 0.2) is 61.0 Å². The zero-order valence-corrected chi connectivity index (χ0v) is 16.8. The Morgan fingerprint density at radius 2 is 1.81 bits per heavy atom. The first kappa shape index (κ1) is 19.9. The van der Waals surface area contributed by atoms with Crippen molar-refractivity contribution in [3.63, 3.8) is 0 Å². The van der Waals surface area contributed by atoms with Crippen molar-refractivity contribution in [3.8, 4) is 0 Å². The Kier molecular flexibility index (Phi) is 6.92. The smallest absolute Gasteiger partial charge is 0.108 e. The number of benzene rings is 1. The molecule has 1 heterocycles. The van der Waals surface area contributed by atoms with Gasteiger partial charge in [0, 0.05) is 11.4 Å². The average molecular weight is 368 g/mol. The van der Waals surface area contributed by atoms with Gasteiger partial charge in [0.05, 0.1) is 12.7 Å². The highest BCUT2D eigenvalue weighted by Gasteiger charge is 2.21. The summed E-state index contributed by atoms with van der Waals surface area (Å²) in [5.41, 5.74) is 4.34. The topological polar surface area (TPSA) is 21.7 Å². The van der Waals surface area contributed by atoms with Gasteiger partial charge in [-0.3, -0.25) is 4.84 Å². The van der Waals surface area contributed by atoms with Crippen LogP contribution in [0.5, 0.6) is 0 Å². The maximum absolute atomic E-state index is 6.11. The van der Waals surface area contributed by atoms with E-state index in [1.54, 1.807) is 0 Å². The van der Waals surface area contributed by atoms with E-state index in [9.17, 15) is 0 Å². The third kappa shape index (κ3) is 5.57. The van der Waals surface area contributed by atoms with Crippen LogP contribution in [-0.2, 0) is 16.2 Å². The van der Waals surface area contributed by atoms with Gasteiger partial charge in [-0.15, -0.1) is 0 Å². The van der Waals surface area contributed by atoms with E-state index >= 15 is 0 Å². The van der Waals surface area contributed by atoms with Gasteiger partial charge in [0.15, 0.2) is 0 Å². The monoisotopic (exact) mass is 367 g/mol. The number of hydroxylamine groups is 2. The second-order valence-corrected chi connectivity index (χ2v) is 7.89. The van der Waals surface area contributed by atoms with Crippen LogP contribution in [0.1, 0.15) is 69.6 Å². The molecule has 0 aromatic heterocycles. The quantitative estimate of drug-likeness (QED) is 0.493. The molecule has 27 heavy (non-hydrogen) atoms. The van der Waals surface area contributed by atoms with Crippen molar-refractivity contribution < 1.29 is 9.57 Å². The summed E-state index contributed by atoms with van der Waals surface area (Å²) in [7, 11) is 0. The Morgan fingerprint density at radius 3 is 2.44 bits per heavy atom. The molecular formula is C24H33NO2. The van der Waals surface area contributed by atoms with Crippen LogP contribution >= 0.6 is 0 Å². The minimum Gasteiger partial charge on any atom is -0.374 e. The molecule has 2 aliphatic rings. The fourth-order valence-corrected chi connectivity index (χ4v) is 3.80. The maximum Gasteiger partial charge on any atom is 0.108 e. The zero-order chi connectivity index (χ0) is 19.2. The largest absolute Gasteiger partial charge is 0.374 e. The van der Waals surface area contributed by atoms with Crippen LogP contribution in [0, 0.1) is 5.92 Å². The van der Waals surface area contributed by atoms with E-state index in [2.05, 4.69) is 63.4 Å². The molecule has 1 aliphatic heterocycles. The fraction of sp³-hybridized carbons (Fsp3) is 0.500. The van der Waals surface area contributed by atoms with Gasteiger partial charge in [0.2, 0.25) is 0 Å². The third-order valence-corrected chi connectivity index (χ3v) is 5.50. The van der Waals surface area contributed by atoms with Crippen LogP contribution in [0.2, 0.25) is 0 Å². The normalized spacial score (nSPS) is 22.3. The van der Waals surface area contributed by atoms with Gasteiger partial charge >= 0.3 is 0 Å². The number of piperidine rings is 1. The van der Waals surface area contributed by atoms with Crippen molar-refractivity contribution in [2.24, 2.45) is 5.92 Å². The van der Waals surface area contributed by atoms with Gasteiger partial charge in [-0.25, -0.2) is 5.06 Å². The predicted octanol–water partition coefficient (Wildman–Crippen LogP) is 6.45. The average Bonchev–Trinajstić information content (AvgIpc) is 3.16. The molecule has 3 atom stereocenters.